The second kappa shape index (κ2) is 7.74. The molecule has 6 nitrogen and oxygen atoms in total. The number of carbonyl (C=O) groups excluding carboxylic acids is 1. The number of rotatable bonds is 6. The van der Waals surface area contributed by atoms with E-state index in [0.717, 1.165) is 0 Å². The predicted octanol–water partition coefficient (Wildman–Crippen LogP) is 2.57. The quantitative estimate of drug-likeness (QED) is 0.699. The van der Waals surface area contributed by atoms with Crippen molar-refractivity contribution in [1.29, 1.82) is 0 Å². The highest BCUT2D eigenvalue weighted by Gasteiger charge is 2.10. The minimum Gasteiger partial charge on any atom is -0.351 e. The Hall–Kier alpha value is -2.67. The molecule has 0 bridgehead atoms. The maximum absolute atomic E-state index is 12.2. The third-order valence-electron chi connectivity index (χ3n) is 3.29. The highest BCUT2D eigenvalue weighted by atomic mass is 32.2. The molecule has 2 aromatic heterocycles. The van der Waals surface area contributed by atoms with Crippen LogP contribution in [0.4, 0.5) is 0 Å². The first-order chi connectivity index (χ1) is 11.7. The van der Waals surface area contributed by atoms with Crippen LogP contribution in [0.2, 0.25) is 0 Å². The second-order valence-electron chi connectivity index (χ2n) is 5.20. The van der Waals surface area contributed by atoms with Gasteiger partial charge in [0.25, 0.3) is 5.91 Å². The van der Waals surface area contributed by atoms with Gasteiger partial charge in [0.05, 0.1) is 5.56 Å². The van der Waals surface area contributed by atoms with Gasteiger partial charge >= 0.3 is 0 Å². The molecule has 0 aliphatic carbocycles. The molecule has 0 fully saturated rings. The van der Waals surface area contributed by atoms with E-state index in [1.807, 2.05) is 18.2 Å². The van der Waals surface area contributed by atoms with Crippen molar-refractivity contribution in [1.82, 2.24) is 25.1 Å². The molecule has 122 valence electrons. The van der Waals surface area contributed by atoms with E-state index >= 15 is 0 Å². The van der Waals surface area contributed by atoms with Crippen LogP contribution in [0.25, 0.3) is 5.82 Å². The van der Waals surface area contributed by atoms with Crippen LogP contribution in [0.1, 0.15) is 17.3 Å². The molecule has 3 aromatic rings. The van der Waals surface area contributed by atoms with E-state index in [1.54, 1.807) is 41.1 Å². The molecule has 0 unspecified atom stereocenters. The van der Waals surface area contributed by atoms with Gasteiger partial charge in [-0.25, -0.2) is 14.6 Å². The highest BCUT2D eigenvalue weighted by Crippen LogP contribution is 2.22. The van der Waals surface area contributed by atoms with Gasteiger partial charge in [-0.15, -0.1) is 11.8 Å². The summed E-state index contributed by atoms with van der Waals surface area (Å²) in [6.45, 7) is 2.67. The predicted molar refractivity (Wildman–Crippen MR) is 93.2 cm³/mol. The van der Waals surface area contributed by atoms with Gasteiger partial charge in [0.15, 0.2) is 5.82 Å². The third-order valence-corrected chi connectivity index (χ3v) is 4.41. The summed E-state index contributed by atoms with van der Waals surface area (Å²) in [5.41, 5.74) is 0.524. The van der Waals surface area contributed by atoms with Gasteiger partial charge in [-0.05, 0) is 24.3 Å². The Bertz CT molecular complexity index is 775. The Morgan fingerprint density at radius 2 is 2.08 bits per heavy atom. The number of pyridine rings is 1. The molecule has 0 saturated heterocycles. The van der Waals surface area contributed by atoms with Crippen molar-refractivity contribution in [2.45, 2.75) is 17.1 Å². The monoisotopic (exact) mass is 339 g/mol. The van der Waals surface area contributed by atoms with Gasteiger partial charge in [0.1, 0.15) is 12.7 Å². The molecule has 0 radical (unpaired) electrons. The van der Waals surface area contributed by atoms with E-state index in [9.17, 15) is 4.79 Å². The number of carbonyl (C=O) groups is 1. The summed E-state index contributed by atoms with van der Waals surface area (Å²) < 4.78 is 1.54. The lowest BCUT2D eigenvalue weighted by molar-refractivity contribution is 0.0954. The summed E-state index contributed by atoms with van der Waals surface area (Å²) in [5, 5.41) is 7.22. The van der Waals surface area contributed by atoms with Crippen molar-refractivity contribution in [3.8, 4) is 5.82 Å². The second-order valence-corrected chi connectivity index (χ2v) is 6.71. The van der Waals surface area contributed by atoms with E-state index in [2.05, 4.69) is 39.4 Å². The summed E-state index contributed by atoms with van der Waals surface area (Å²) in [7, 11) is 0. The average molecular weight is 339 g/mol. The van der Waals surface area contributed by atoms with E-state index in [-0.39, 0.29) is 11.2 Å². The van der Waals surface area contributed by atoms with Crippen molar-refractivity contribution in [3.05, 3.63) is 66.9 Å². The zero-order chi connectivity index (χ0) is 16.8. The van der Waals surface area contributed by atoms with E-state index < -0.39 is 0 Å². The lowest BCUT2D eigenvalue weighted by Gasteiger charge is -2.12. The number of nitrogens with zero attached hydrogens (tertiary/aromatic N) is 4. The van der Waals surface area contributed by atoms with E-state index in [0.29, 0.717) is 17.9 Å². The molecule has 24 heavy (non-hydrogen) atoms. The minimum atomic E-state index is -0.131. The standard InChI is InChI=1S/C17H17N5OS/c1-13(24-15-5-3-2-4-6-15)9-20-17(23)14-7-8-16(19-10-14)22-12-18-11-21-22/h2-8,10-13H,9H2,1H3,(H,20,23)/t13-/m1/s1. The van der Waals surface area contributed by atoms with Gasteiger partial charge in [0, 0.05) is 22.9 Å². The molecular weight excluding hydrogens is 322 g/mol. The average Bonchev–Trinajstić information content (AvgIpc) is 3.15. The molecule has 0 aliphatic rings. The highest BCUT2D eigenvalue weighted by molar-refractivity contribution is 8.00. The molecule has 1 aromatic carbocycles. The SMILES string of the molecule is C[C@H](CNC(=O)c1ccc(-n2cncn2)nc1)Sc1ccccc1. The number of amides is 1. The normalized spacial score (nSPS) is 11.9. The van der Waals surface area contributed by atoms with Crippen molar-refractivity contribution in [2.24, 2.45) is 0 Å². The summed E-state index contributed by atoms with van der Waals surface area (Å²) in [4.78, 5) is 21.5. The van der Waals surface area contributed by atoms with Gasteiger partial charge in [-0.2, -0.15) is 5.10 Å². The first-order valence-corrected chi connectivity index (χ1v) is 8.41. The van der Waals surface area contributed by atoms with Crippen LogP contribution < -0.4 is 5.32 Å². The Morgan fingerprint density at radius 1 is 1.25 bits per heavy atom. The van der Waals surface area contributed by atoms with Crippen molar-refractivity contribution in [3.63, 3.8) is 0 Å². The van der Waals surface area contributed by atoms with Crippen molar-refractivity contribution >= 4 is 17.7 Å². The van der Waals surface area contributed by atoms with Crippen LogP contribution in [0.15, 0.2) is 66.2 Å². The fourth-order valence-corrected chi connectivity index (χ4v) is 3.04. The maximum atomic E-state index is 12.2. The lowest BCUT2D eigenvalue weighted by Crippen LogP contribution is -2.29. The Kier molecular flexibility index (Phi) is 5.22. The van der Waals surface area contributed by atoms with Gasteiger partial charge in [0.2, 0.25) is 0 Å². The van der Waals surface area contributed by atoms with Gasteiger partial charge in [-0.3, -0.25) is 4.79 Å². The van der Waals surface area contributed by atoms with Crippen molar-refractivity contribution < 1.29 is 4.79 Å². The molecule has 7 heteroatoms. The molecular formula is C17H17N5OS. The number of nitrogens with one attached hydrogen (secondary N) is 1. The number of thioether (sulfide) groups is 1. The van der Waals surface area contributed by atoms with Gasteiger partial charge in [-0.1, -0.05) is 25.1 Å². The maximum Gasteiger partial charge on any atom is 0.252 e. The summed E-state index contributed by atoms with van der Waals surface area (Å²) in [6.07, 6.45) is 4.54. The Morgan fingerprint density at radius 3 is 2.75 bits per heavy atom. The zero-order valence-electron chi connectivity index (χ0n) is 13.2. The summed E-state index contributed by atoms with van der Waals surface area (Å²) >= 11 is 1.73. The molecule has 1 N–H and O–H groups in total. The summed E-state index contributed by atoms with van der Waals surface area (Å²) in [6, 6.07) is 13.6. The fraction of sp³-hybridized carbons (Fsp3) is 0.176. The van der Waals surface area contributed by atoms with Crippen LogP contribution in [-0.4, -0.2) is 37.5 Å². The fourth-order valence-electron chi connectivity index (χ4n) is 2.09. The van der Waals surface area contributed by atoms with Crippen LogP contribution in [0.3, 0.4) is 0 Å². The van der Waals surface area contributed by atoms with Crippen LogP contribution in [0.5, 0.6) is 0 Å². The number of hydrogen-bond acceptors (Lipinski definition) is 5. The lowest BCUT2D eigenvalue weighted by atomic mass is 10.2. The molecule has 3 rings (SSSR count). The van der Waals surface area contributed by atoms with E-state index in [1.165, 1.54) is 11.2 Å². The molecule has 0 saturated carbocycles. The third kappa shape index (κ3) is 4.20. The first-order valence-electron chi connectivity index (χ1n) is 7.53. The number of hydrogen-bond donors (Lipinski definition) is 1. The minimum absolute atomic E-state index is 0.131. The molecule has 0 spiro atoms. The molecule has 1 amide bonds. The zero-order valence-corrected chi connectivity index (χ0v) is 14.0. The van der Waals surface area contributed by atoms with Gasteiger partial charge < -0.3 is 5.32 Å². The Labute approximate surface area is 144 Å². The first kappa shape index (κ1) is 16.2. The molecule has 2 heterocycles. The number of benzene rings is 1. The van der Waals surface area contributed by atoms with Crippen molar-refractivity contribution in [2.75, 3.05) is 6.54 Å². The smallest absolute Gasteiger partial charge is 0.252 e. The molecule has 0 aliphatic heterocycles. The number of aromatic nitrogens is 4. The van der Waals surface area contributed by atoms with Crippen LogP contribution in [-0.2, 0) is 0 Å². The van der Waals surface area contributed by atoms with E-state index in [4.69, 9.17) is 0 Å². The topological polar surface area (TPSA) is 72.7 Å². The van der Waals surface area contributed by atoms with Crippen LogP contribution >= 0.6 is 11.8 Å². The largest absolute Gasteiger partial charge is 0.351 e. The summed E-state index contributed by atoms with van der Waals surface area (Å²) in [5.74, 6) is 0.491. The Balaban J connectivity index is 1.53. The molecule has 1 atom stereocenters. The van der Waals surface area contributed by atoms with Crippen LogP contribution in [0, 0.1) is 0 Å².